The Balaban J connectivity index is 3.34. The summed E-state index contributed by atoms with van der Waals surface area (Å²) in [6.07, 6.45) is 1.94. The third-order valence-electron chi connectivity index (χ3n) is 1.19. The van der Waals surface area contributed by atoms with Gasteiger partial charge in [0.25, 0.3) is 0 Å². The number of rotatable bonds is 1. The molecular formula is C6H7NO3. The molecule has 0 amide bonds. The minimum Gasteiger partial charge on any atom is -0.372 e. The Morgan fingerprint density at radius 1 is 1.60 bits per heavy atom. The molecule has 0 saturated carbocycles. The molecule has 4 heteroatoms. The van der Waals surface area contributed by atoms with Crippen LogP contribution in [0.1, 0.15) is 12.5 Å². The largest absolute Gasteiger partial charge is 0.419 e. The Morgan fingerprint density at radius 2 is 2.30 bits per heavy atom. The van der Waals surface area contributed by atoms with Crippen molar-refractivity contribution in [3.8, 4) is 0 Å². The molecule has 0 aliphatic rings. The quantitative estimate of drug-likeness (QED) is 0.593. The van der Waals surface area contributed by atoms with Crippen LogP contribution in [0.5, 0.6) is 0 Å². The number of nitrogens with one attached hydrogen (secondary N) is 1. The molecule has 4 nitrogen and oxygen atoms in total. The predicted molar refractivity (Wildman–Crippen MR) is 35.0 cm³/mol. The van der Waals surface area contributed by atoms with Crippen molar-refractivity contribution in [2.75, 3.05) is 0 Å². The molecule has 10 heavy (non-hydrogen) atoms. The molecule has 0 aromatic carbocycles. The highest BCUT2D eigenvalue weighted by Crippen LogP contribution is 1.83. The zero-order valence-corrected chi connectivity index (χ0v) is 5.51. The second-order valence-corrected chi connectivity index (χ2v) is 1.84. The average molecular weight is 141 g/mol. The molecule has 0 unspecified atom stereocenters. The fraction of sp³-hybridized carbons (Fsp3) is 0.333. The van der Waals surface area contributed by atoms with Crippen LogP contribution >= 0.6 is 0 Å². The first kappa shape index (κ1) is 6.80. The van der Waals surface area contributed by atoms with Crippen LogP contribution in [0.15, 0.2) is 20.2 Å². The summed E-state index contributed by atoms with van der Waals surface area (Å²) < 4.78 is 4.23. The second kappa shape index (κ2) is 2.51. The SMILES string of the molecule is CCc1c[nH]c(=O)oc1=O. The summed E-state index contributed by atoms with van der Waals surface area (Å²) in [6, 6.07) is 0. The van der Waals surface area contributed by atoms with Crippen LogP contribution in [0.3, 0.4) is 0 Å². The lowest BCUT2D eigenvalue weighted by Crippen LogP contribution is -2.16. The molecule has 1 N–H and O–H groups in total. The van der Waals surface area contributed by atoms with Crippen molar-refractivity contribution >= 4 is 0 Å². The van der Waals surface area contributed by atoms with Crippen LogP contribution in [-0.2, 0) is 6.42 Å². The van der Waals surface area contributed by atoms with Gasteiger partial charge in [-0.2, -0.15) is 0 Å². The number of aromatic nitrogens is 1. The molecular weight excluding hydrogens is 134 g/mol. The molecule has 1 heterocycles. The third-order valence-corrected chi connectivity index (χ3v) is 1.19. The first-order valence-corrected chi connectivity index (χ1v) is 2.95. The molecule has 1 aromatic heterocycles. The lowest BCUT2D eigenvalue weighted by Gasteiger charge is -1.88. The van der Waals surface area contributed by atoms with Crippen LogP contribution in [-0.4, -0.2) is 4.98 Å². The van der Waals surface area contributed by atoms with Gasteiger partial charge in [0.1, 0.15) is 0 Å². The summed E-state index contributed by atoms with van der Waals surface area (Å²) >= 11 is 0. The average Bonchev–Trinajstić information content (AvgIpc) is 1.88. The van der Waals surface area contributed by atoms with E-state index < -0.39 is 11.4 Å². The van der Waals surface area contributed by atoms with E-state index in [1.54, 1.807) is 0 Å². The Morgan fingerprint density at radius 3 is 2.80 bits per heavy atom. The van der Waals surface area contributed by atoms with Gasteiger partial charge in [-0.25, -0.2) is 9.59 Å². The molecule has 0 saturated heterocycles. The zero-order chi connectivity index (χ0) is 7.56. The summed E-state index contributed by atoms with van der Waals surface area (Å²) in [4.78, 5) is 23.3. The Hall–Kier alpha value is -1.32. The predicted octanol–water partition coefficient (Wildman–Crippen LogP) is -0.109. The van der Waals surface area contributed by atoms with E-state index in [0.29, 0.717) is 12.0 Å². The number of aryl methyl sites for hydroxylation is 1. The van der Waals surface area contributed by atoms with E-state index in [-0.39, 0.29) is 0 Å². The molecule has 0 radical (unpaired) electrons. The van der Waals surface area contributed by atoms with Crippen molar-refractivity contribution < 1.29 is 4.42 Å². The maximum atomic E-state index is 10.7. The molecule has 0 aliphatic carbocycles. The Labute approximate surface area is 56.5 Å². The first-order valence-electron chi connectivity index (χ1n) is 2.95. The first-order chi connectivity index (χ1) is 4.74. The molecule has 1 rings (SSSR count). The Bertz CT molecular complexity index is 322. The smallest absolute Gasteiger partial charge is 0.372 e. The fourth-order valence-electron chi connectivity index (χ4n) is 0.631. The maximum Gasteiger partial charge on any atom is 0.419 e. The highest BCUT2D eigenvalue weighted by molar-refractivity contribution is 4.99. The monoisotopic (exact) mass is 141 g/mol. The van der Waals surface area contributed by atoms with Crippen molar-refractivity contribution in [1.29, 1.82) is 0 Å². The van der Waals surface area contributed by atoms with Gasteiger partial charge in [0, 0.05) is 6.20 Å². The van der Waals surface area contributed by atoms with Crippen LogP contribution in [0.25, 0.3) is 0 Å². The van der Waals surface area contributed by atoms with Crippen molar-refractivity contribution in [2.24, 2.45) is 0 Å². The van der Waals surface area contributed by atoms with E-state index in [0.717, 1.165) is 0 Å². The Kier molecular flexibility index (Phi) is 1.71. The summed E-state index contributed by atoms with van der Waals surface area (Å²) in [5.74, 6) is -0.706. The minimum absolute atomic E-state index is 0.486. The second-order valence-electron chi connectivity index (χ2n) is 1.84. The summed E-state index contributed by atoms with van der Waals surface area (Å²) in [5.41, 5.74) is -0.0640. The molecule has 0 bridgehead atoms. The molecule has 0 aliphatic heterocycles. The third kappa shape index (κ3) is 1.15. The number of hydrogen-bond acceptors (Lipinski definition) is 3. The van der Waals surface area contributed by atoms with Gasteiger partial charge in [0.05, 0.1) is 5.56 Å². The van der Waals surface area contributed by atoms with Gasteiger partial charge in [-0.1, -0.05) is 6.92 Å². The van der Waals surface area contributed by atoms with E-state index in [2.05, 4.69) is 9.40 Å². The van der Waals surface area contributed by atoms with Gasteiger partial charge < -0.3 is 4.42 Å². The maximum absolute atomic E-state index is 10.7. The van der Waals surface area contributed by atoms with Gasteiger partial charge in [-0.15, -0.1) is 0 Å². The van der Waals surface area contributed by atoms with E-state index >= 15 is 0 Å². The van der Waals surface area contributed by atoms with Gasteiger partial charge in [0.15, 0.2) is 0 Å². The normalized spacial score (nSPS) is 9.70. The summed E-state index contributed by atoms with van der Waals surface area (Å²) in [7, 11) is 0. The van der Waals surface area contributed by atoms with E-state index in [1.807, 2.05) is 6.92 Å². The molecule has 0 atom stereocenters. The fourth-order valence-corrected chi connectivity index (χ4v) is 0.631. The van der Waals surface area contributed by atoms with Crippen LogP contribution in [0.2, 0.25) is 0 Å². The van der Waals surface area contributed by atoms with Gasteiger partial charge >= 0.3 is 11.4 Å². The highest BCUT2D eigenvalue weighted by Gasteiger charge is 1.96. The standard InChI is InChI=1S/C6H7NO3/c1-2-4-3-7-6(9)10-5(4)8/h3H,2H2,1H3,(H,7,9). The van der Waals surface area contributed by atoms with Gasteiger partial charge in [-0.05, 0) is 6.42 Å². The van der Waals surface area contributed by atoms with Crippen LogP contribution in [0.4, 0.5) is 0 Å². The lowest BCUT2D eigenvalue weighted by molar-refractivity contribution is 0.442. The molecule has 1 aromatic rings. The van der Waals surface area contributed by atoms with Crippen LogP contribution in [0, 0.1) is 0 Å². The summed E-state index contributed by atoms with van der Waals surface area (Å²) in [6.45, 7) is 1.81. The van der Waals surface area contributed by atoms with E-state index in [4.69, 9.17) is 0 Å². The number of H-pyrrole nitrogens is 1. The van der Waals surface area contributed by atoms with Crippen molar-refractivity contribution in [2.45, 2.75) is 13.3 Å². The topological polar surface area (TPSA) is 63.1 Å². The van der Waals surface area contributed by atoms with Crippen molar-refractivity contribution in [3.05, 3.63) is 32.7 Å². The van der Waals surface area contributed by atoms with Gasteiger partial charge in [-0.3, -0.25) is 4.98 Å². The van der Waals surface area contributed by atoms with E-state index in [9.17, 15) is 9.59 Å². The molecule has 0 spiro atoms. The van der Waals surface area contributed by atoms with Crippen LogP contribution < -0.4 is 11.4 Å². The number of aromatic amines is 1. The van der Waals surface area contributed by atoms with Crippen molar-refractivity contribution in [1.82, 2.24) is 4.98 Å². The highest BCUT2D eigenvalue weighted by atomic mass is 16.4. The summed E-state index contributed by atoms with van der Waals surface area (Å²) in [5, 5.41) is 0. The van der Waals surface area contributed by atoms with Gasteiger partial charge in [0.2, 0.25) is 0 Å². The van der Waals surface area contributed by atoms with Crippen molar-refractivity contribution in [3.63, 3.8) is 0 Å². The lowest BCUT2D eigenvalue weighted by atomic mass is 10.3. The minimum atomic E-state index is -0.706. The molecule has 54 valence electrons. The molecule has 0 fully saturated rings. The van der Waals surface area contributed by atoms with E-state index in [1.165, 1.54) is 6.20 Å². The zero-order valence-electron chi connectivity index (χ0n) is 5.51. The number of hydrogen-bond donors (Lipinski definition) is 1.